The Morgan fingerprint density at radius 2 is 0.733 bits per heavy atom. The average Bonchev–Trinajstić information content (AvgIpc) is 2.98. The van der Waals surface area contributed by atoms with Crippen LogP contribution in [0.5, 0.6) is 0 Å². The first-order chi connectivity index (χ1) is 21.4. The number of rotatable bonds is 26. The molecule has 0 heterocycles. The lowest BCUT2D eigenvalue weighted by atomic mass is 10.0. The fourth-order valence-corrected chi connectivity index (χ4v) is 9.56. The van der Waals surface area contributed by atoms with Crippen LogP contribution in [0.1, 0.15) is 153 Å². The second-order valence-electron chi connectivity index (χ2n) is 12.6. The highest BCUT2D eigenvalue weighted by molar-refractivity contribution is 9.11. The van der Waals surface area contributed by atoms with Crippen LogP contribution in [0.2, 0.25) is 0 Å². The van der Waals surface area contributed by atoms with Crippen molar-refractivity contribution >= 4 is 87.5 Å². The van der Waals surface area contributed by atoms with E-state index in [-0.39, 0.29) is 12.4 Å². The molecule has 45 heavy (non-hydrogen) atoms. The van der Waals surface area contributed by atoms with Crippen LogP contribution in [-0.2, 0) is 12.8 Å². The molecular formula is C38H61Br4ClN2. The molecule has 258 valence electrons. The Bertz CT molecular complexity index is 923. The van der Waals surface area contributed by atoms with Crippen LogP contribution < -0.4 is 10.6 Å². The second kappa shape index (κ2) is 27.3. The molecule has 0 atom stereocenters. The highest BCUT2D eigenvalue weighted by Crippen LogP contribution is 2.45. The van der Waals surface area contributed by atoms with Crippen molar-refractivity contribution in [3.63, 3.8) is 0 Å². The minimum atomic E-state index is 0. The van der Waals surface area contributed by atoms with E-state index in [4.69, 9.17) is 5.73 Å². The number of hydrogen-bond donors (Lipinski definition) is 1. The molecule has 0 fully saturated rings. The third kappa shape index (κ3) is 17.6. The van der Waals surface area contributed by atoms with E-state index in [2.05, 4.69) is 107 Å². The number of halogens is 5. The number of anilines is 2. The monoisotopic (exact) mass is 896 g/mol. The lowest BCUT2D eigenvalue weighted by Gasteiger charge is -2.29. The summed E-state index contributed by atoms with van der Waals surface area (Å²) >= 11 is 15.7. The van der Waals surface area contributed by atoms with E-state index in [1.807, 2.05) is 0 Å². The Morgan fingerprint density at radius 3 is 1.00 bits per heavy atom. The lowest BCUT2D eigenvalue weighted by Crippen LogP contribution is -2.26. The molecule has 0 aliphatic heterocycles. The molecule has 0 aromatic heterocycles. The number of unbranched alkanes of at least 4 members (excludes halogenated alkanes) is 18. The summed E-state index contributed by atoms with van der Waals surface area (Å²) in [6.45, 7) is 5.87. The topological polar surface area (TPSA) is 29.3 Å². The zero-order chi connectivity index (χ0) is 32.0. The first-order valence-corrected chi connectivity index (χ1v) is 21.0. The van der Waals surface area contributed by atoms with Crippen molar-refractivity contribution in [2.45, 2.75) is 155 Å². The van der Waals surface area contributed by atoms with Gasteiger partial charge in [-0.05, 0) is 125 Å². The van der Waals surface area contributed by atoms with Crippen molar-refractivity contribution in [2.24, 2.45) is 5.73 Å². The lowest BCUT2D eigenvalue weighted by molar-refractivity contribution is 0.556. The van der Waals surface area contributed by atoms with Gasteiger partial charge < -0.3 is 10.6 Å². The summed E-state index contributed by atoms with van der Waals surface area (Å²) in [5.41, 5.74) is 11.2. The van der Waals surface area contributed by atoms with Crippen LogP contribution in [-0.4, -0.2) is 13.1 Å². The van der Waals surface area contributed by atoms with Crippen molar-refractivity contribution in [3.8, 4) is 0 Å². The third-order valence-electron chi connectivity index (χ3n) is 8.68. The summed E-state index contributed by atoms with van der Waals surface area (Å²) in [5, 5.41) is 0. The van der Waals surface area contributed by atoms with Crippen molar-refractivity contribution in [1.82, 2.24) is 0 Å². The Morgan fingerprint density at radius 1 is 0.467 bits per heavy atom. The normalized spacial score (nSPS) is 11.2. The summed E-state index contributed by atoms with van der Waals surface area (Å²) < 4.78 is 4.43. The van der Waals surface area contributed by atoms with Gasteiger partial charge in [0.15, 0.2) is 0 Å². The van der Waals surface area contributed by atoms with Crippen LogP contribution >= 0.6 is 76.1 Å². The quantitative estimate of drug-likeness (QED) is 0.0953. The molecule has 0 amide bonds. The van der Waals surface area contributed by atoms with Crippen molar-refractivity contribution in [1.29, 1.82) is 0 Å². The molecule has 0 aliphatic carbocycles. The maximum absolute atomic E-state index is 6.15. The molecule has 7 heteroatoms. The van der Waals surface area contributed by atoms with Gasteiger partial charge in [0.25, 0.3) is 0 Å². The Kier molecular flexibility index (Phi) is 26.3. The highest BCUT2D eigenvalue weighted by Gasteiger charge is 2.21. The van der Waals surface area contributed by atoms with E-state index >= 15 is 0 Å². The van der Waals surface area contributed by atoms with E-state index in [0.717, 1.165) is 48.7 Å². The van der Waals surface area contributed by atoms with E-state index in [1.54, 1.807) is 0 Å². The molecule has 2 aromatic carbocycles. The van der Waals surface area contributed by atoms with Crippen LogP contribution in [0.4, 0.5) is 11.4 Å². The number of aryl methyl sites for hydroxylation is 2. The van der Waals surface area contributed by atoms with Crippen LogP contribution in [0, 0.1) is 0 Å². The largest absolute Gasteiger partial charge is 0.337 e. The van der Waals surface area contributed by atoms with Gasteiger partial charge in [0.05, 0.1) is 11.4 Å². The van der Waals surface area contributed by atoms with Crippen molar-refractivity contribution in [2.75, 3.05) is 18.0 Å². The second-order valence-corrected chi connectivity index (χ2v) is 16.0. The minimum absolute atomic E-state index is 0. The van der Waals surface area contributed by atoms with Crippen molar-refractivity contribution in [3.05, 3.63) is 53.3 Å². The molecule has 2 rings (SSSR count). The fraction of sp³-hybridized carbons (Fsp3) is 0.684. The summed E-state index contributed by atoms with van der Waals surface area (Å²) in [4.78, 5) is 2.33. The molecule has 0 radical (unpaired) electrons. The van der Waals surface area contributed by atoms with E-state index in [9.17, 15) is 0 Å². The van der Waals surface area contributed by atoms with Gasteiger partial charge in [-0.3, -0.25) is 0 Å². The molecule has 2 nitrogen and oxygen atoms in total. The maximum Gasteiger partial charge on any atom is 0.0700 e. The Labute approximate surface area is 317 Å². The smallest absolute Gasteiger partial charge is 0.0700 e. The summed E-state index contributed by atoms with van der Waals surface area (Å²) in [6.07, 6.45) is 29.6. The predicted molar refractivity (Wildman–Crippen MR) is 218 cm³/mol. The van der Waals surface area contributed by atoms with Crippen LogP contribution in [0.15, 0.2) is 42.2 Å². The van der Waals surface area contributed by atoms with Gasteiger partial charge in [-0.1, -0.05) is 129 Å². The Hall–Kier alpha value is 0.410. The number of nitrogens with two attached hydrogens (primary N) is 1. The minimum Gasteiger partial charge on any atom is -0.337 e. The molecular weight excluding hydrogens is 840 g/mol. The summed E-state index contributed by atoms with van der Waals surface area (Å²) in [5.74, 6) is 0. The van der Waals surface area contributed by atoms with Gasteiger partial charge in [-0.15, -0.1) is 12.4 Å². The maximum atomic E-state index is 6.15. The molecule has 0 bridgehead atoms. The SMILES string of the molecule is CCCCCCCCCCCCc1cc(Br)c(N(CCN)c2c(Br)cc(CCCCCCCCCCCC)cc2Br)c(Br)c1.Cl. The number of nitrogens with zero attached hydrogens (tertiary/aromatic N) is 1. The van der Waals surface area contributed by atoms with E-state index in [1.165, 1.54) is 140 Å². The van der Waals surface area contributed by atoms with E-state index in [0.29, 0.717) is 6.54 Å². The summed E-state index contributed by atoms with van der Waals surface area (Å²) in [6, 6.07) is 9.22. The molecule has 0 saturated carbocycles. The zero-order valence-corrected chi connectivity index (χ0v) is 35.4. The zero-order valence-electron chi connectivity index (χ0n) is 28.2. The first kappa shape index (κ1) is 43.4. The van der Waals surface area contributed by atoms with Crippen molar-refractivity contribution < 1.29 is 0 Å². The van der Waals surface area contributed by atoms with Crippen LogP contribution in [0.25, 0.3) is 0 Å². The standard InChI is InChI=1S/C38H60Br4N2.ClH/c1-3-5-7-9-11-13-15-17-19-21-23-31-27-33(39)37(34(40)28-31)44(26-25-43)38-35(41)29-32(30-36(38)42)24-22-20-18-16-14-12-10-8-6-4-2;/h27-30H,3-26,43H2,1-2H3;1H. The molecule has 2 N–H and O–H groups in total. The molecule has 0 saturated heterocycles. The molecule has 0 aliphatic rings. The highest BCUT2D eigenvalue weighted by atomic mass is 79.9. The van der Waals surface area contributed by atoms with Gasteiger partial charge in [0.1, 0.15) is 0 Å². The third-order valence-corrected chi connectivity index (χ3v) is 11.1. The van der Waals surface area contributed by atoms with Gasteiger partial charge in [0, 0.05) is 31.0 Å². The Balaban J connectivity index is 0.0000101. The van der Waals surface area contributed by atoms with Gasteiger partial charge in [-0.2, -0.15) is 0 Å². The number of benzene rings is 2. The molecule has 2 aromatic rings. The predicted octanol–water partition coefficient (Wildman–Crippen LogP) is 15.2. The number of hydrogen-bond acceptors (Lipinski definition) is 2. The summed E-state index contributed by atoms with van der Waals surface area (Å²) in [7, 11) is 0. The fourth-order valence-electron chi connectivity index (χ4n) is 6.14. The van der Waals surface area contributed by atoms with Gasteiger partial charge in [0.2, 0.25) is 0 Å². The average molecular weight is 901 g/mol. The molecule has 0 spiro atoms. The van der Waals surface area contributed by atoms with Gasteiger partial charge in [-0.25, -0.2) is 0 Å². The molecule has 0 unspecified atom stereocenters. The van der Waals surface area contributed by atoms with Gasteiger partial charge >= 0.3 is 0 Å². The first-order valence-electron chi connectivity index (χ1n) is 17.9. The van der Waals surface area contributed by atoms with E-state index < -0.39 is 0 Å². The van der Waals surface area contributed by atoms with Crippen LogP contribution in [0.3, 0.4) is 0 Å².